The van der Waals surface area contributed by atoms with Crippen molar-refractivity contribution in [2.75, 3.05) is 5.32 Å². The number of rotatable bonds is 2. The SMILES string of the molecule is Cc1cccnc1Nc1ccc2cc(Cl)ccc2n1. The minimum atomic E-state index is 0.718. The van der Waals surface area contributed by atoms with E-state index in [-0.39, 0.29) is 0 Å². The van der Waals surface area contributed by atoms with Gasteiger partial charge in [-0.3, -0.25) is 0 Å². The van der Waals surface area contributed by atoms with Gasteiger partial charge in [-0.15, -0.1) is 0 Å². The van der Waals surface area contributed by atoms with E-state index in [0.717, 1.165) is 33.1 Å². The Bertz CT molecular complexity index is 740. The summed E-state index contributed by atoms with van der Waals surface area (Å²) in [7, 11) is 0. The fourth-order valence-electron chi connectivity index (χ4n) is 1.90. The Morgan fingerprint density at radius 3 is 2.84 bits per heavy atom. The molecule has 0 spiro atoms. The molecule has 0 amide bonds. The molecule has 1 N–H and O–H groups in total. The molecule has 1 aromatic carbocycles. The van der Waals surface area contributed by atoms with Crippen LogP contribution >= 0.6 is 11.6 Å². The first-order valence-electron chi connectivity index (χ1n) is 5.97. The number of hydrogen-bond donors (Lipinski definition) is 1. The number of halogens is 1. The Labute approximate surface area is 116 Å². The van der Waals surface area contributed by atoms with Gasteiger partial charge >= 0.3 is 0 Å². The molecule has 0 atom stereocenters. The first-order valence-corrected chi connectivity index (χ1v) is 6.35. The van der Waals surface area contributed by atoms with Crippen molar-refractivity contribution in [3.05, 3.63) is 59.2 Å². The van der Waals surface area contributed by atoms with Crippen molar-refractivity contribution in [3.8, 4) is 0 Å². The minimum Gasteiger partial charge on any atom is -0.325 e. The van der Waals surface area contributed by atoms with E-state index in [9.17, 15) is 0 Å². The molecular weight excluding hydrogens is 258 g/mol. The molecule has 3 rings (SSSR count). The van der Waals surface area contributed by atoms with E-state index < -0.39 is 0 Å². The van der Waals surface area contributed by atoms with Crippen LogP contribution in [0.1, 0.15) is 5.56 Å². The average Bonchev–Trinajstić information content (AvgIpc) is 2.41. The Balaban J connectivity index is 1.98. The first kappa shape index (κ1) is 11.9. The summed E-state index contributed by atoms with van der Waals surface area (Å²) in [5.41, 5.74) is 1.99. The van der Waals surface area contributed by atoms with Gasteiger partial charge in [0.05, 0.1) is 5.52 Å². The Kier molecular flexibility index (Phi) is 3.05. The number of nitrogens with zero attached hydrogens (tertiary/aromatic N) is 2. The molecule has 0 radical (unpaired) electrons. The molecule has 0 unspecified atom stereocenters. The zero-order chi connectivity index (χ0) is 13.2. The van der Waals surface area contributed by atoms with Crippen molar-refractivity contribution in [1.82, 2.24) is 9.97 Å². The summed E-state index contributed by atoms with van der Waals surface area (Å²) in [4.78, 5) is 8.84. The molecule has 0 aliphatic carbocycles. The van der Waals surface area contributed by atoms with Crippen molar-refractivity contribution in [2.24, 2.45) is 0 Å². The van der Waals surface area contributed by atoms with E-state index in [0.29, 0.717) is 0 Å². The van der Waals surface area contributed by atoms with Gasteiger partial charge in [0, 0.05) is 16.6 Å². The third kappa shape index (κ3) is 2.51. The van der Waals surface area contributed by atoms with Crippen molar-refractivity contribution < 1.29 is 0 Å². The topological polar surface area (TPSA) is 37.8 Å². The maximum Gasteiger partial charge on any atom is 0.134 e. The maximum atomic E-state index is 5.96. The van der Waals surface area contributed by atoms with Crippen LogP contribution in [0.5, 0.6) is 0 Å². The molecule has 0 saturated heterocycles. The van der Waals surface area contributed by atoms with Gasteiger partial charge in [0.15, 0.2) is 0 Å². The summed E-state index contributed by atoms with van der Waals surface area (Å²) in [5.74, 6) is 1.60. The van der Waals surface area contributed by atoms with Crippen molar-refractivity contribution in [2.45, 2.75) is 6.92 Å². The number of pyridine rings is 2. The van der Waals surface area contributed by atoms with E-state index in [1.165, 1.54) is 0 Å². The van der Waals surface area contributed by atoms with Crippen molar-refractivity contribution >= 4 is 34.1 Å². The number of nitrogens with one attached hydrogen (secondary N) is 1. The van der Waals surface area contributed by atoms with E-state index in [2.05, 4.69) is 15.3 Å². The van der Waals surface area contributed by atoms with Crippen LogP contribution in [0.15, 0.2) is 48.7 Å². The van der Waals surface area contributed by atoms with Gasteiger partial charge in [-0.1, -0.05) is 17.7 Å². The lowest BCUT2D eigenvalue weighted by molar-refractivity contribution is 1.23. The van der Waals surface area contributed by atoms with Gasteiger partial charge in [-0.05, 0) is 48.9 Å². The molecule has 3 aromatic rings. The highest BCUT2D eigenvalue weighted by Gasteiger charge is 2.02. The molecule has 94 valence electrons. The smallest absolute Gasteiger partial charge is 0.134 e. The molecule has 0 aliphatic heterocycles. The lowest BCUT2D eigenvalue weighted by Crippen LogP contribution is -1.97. The van der Waals surface area contributed by atoms with E-state index >= 15 is 0 Å². The van der Waals surface area contributed by atoms with Crippen LogP contribution in [0, 0.1) is 6.92 Å². The molecule has 2 aromatic heterocycles. The van der Waals surface area contributed by atoms with Crippen LogP contribution < -0.4 is 5.32 Å². The summed E-state index contributed by atoms with van der Waals surface area (Å²) in [6.45, 7) is 2.01. The largest absolute Gasteiger partial charge is 0.325 e. The number of aryl methyl sites for hydroxylation is 1. The molecule has 4 heteroatoms. The Morgan fingerprint density at radius 2 is 2.00 bits per heavy atom. The van der Waals surface area contributed by atoms with Crippen molar-refractivity contribution in [1.29, 1.82) is 0 Å². The Morgan fingerprint density at radius 1 is 1.11 bits per heavy atom. The minimum absolute atomic E-state index is 0.718. The summed E-state index contributed by atoms with van der Waals surface area (Å²) >= 11 is 5.96. The summed E-state index contributed by atoms with van der Waals surface area (Å²) in [6, 6.07) is 13.5. The number of aromatic nitrogens is 2. The Hall–Kier alpha value is -2.13. The van der Waals surface area contributed by atoms with E-state index in [4.69, 9.17) is 11.6 Å². The zero-order valence-electron chi connectivity index (χ0n) is 10.4. The molecule has 19 heavy (non-hydrogen) atoms. The first-order chi connectivity index (χ1) is 9.22. The predicted octanol–water partition coefficient (Wildman–Crippen LogP) is 4.34. The van der Waals surface area contributed by atoms with Gasteiger partial charge in [0.2, 0.25) is 0 Å². The second kappa shape index (κ2) is 4.86. The second-order valence-electron chi connectivity index (χ2n) is 4.33. The normalized spacial score (nSPS) is 10.6. The molecule has 0 saturated carbocycles. The molecule has 2 heterocycles. The fraction of sp³-hybridized carbons (Fsp3) is 0.0667. The summed E-state index contributed by atoms with van der Waals surface area (Å²) < 4.78 is 0. The zero-order valence-corrected chi connectivity index (χ0v) is 11.1. The van der Waals surface area contributed by atoms with Gasteiger partial charge in [-0.2, -0.15) is 0 Å². The van der Waals surface area contributed by atoms with Gasteiger partial charge < -0.3 is 5.32 Å². The van der Waals surface area contributed by atoms with Crippen LogP contribution in [-0.4, -0.2) is 9.97 Å². The summed E-state index contributed by atoms with van der Waals surface area (Å²) in [6.07, 6.45) is 1.76. The molecule has 3 nitrogen and oxygen atoms in total. The van der Waals surface area contributed by atoms with Crippen LogP contribution in [0.4, 0.5) is 11.6 Å². The fourth-order valence-corrected chi connectivity index (χ4v) is 2.08. The van der Waals surface area contributed by atoms with E-state index in [1.54, 1.807) is 6.20 Å². The maximum absolute atomic E-state index is 5.96. The highest BCUT2D eigenvalue weighted by atomic mass is 35.5. The van der Waals surface area contributed by atoms with Crippen molar-refractivity contribution in [3.63, 3.8) is 0 Å². The van der Waals surface area contributed by atoms with Crippen LogP contribution in [0.25, 0.3) is 10.9 Å². The van der Waals surface area contributed by atoms with Crippen LogP contribution in [0.2, 0.25) is 5.02 Å². The molecule has 0 aliphatic rings. The number of fused-ring (bicyclic) bond motifs is 1. The lowest BCUT2D eigenvalue weighted by atomic mass is 10.2. The molecule has 0 bridgehead atoms. The number of hydrogen-bond acceptors (Lipinski definition) is 3. The monoisotopic (exact) mass is 269 g/mol. The molecular formula is C15H12ClN3. The lowest BCUT2D eigenvalue weighted by Gasteiger charge is -2.08. The second-order valence-corrected chi connectivity index (χ2v) is 4.76. The van der Waals surface area contributed by atoms with Gasteiger partial charge in [-0.25, -0.2) is 9.97 Å². The average molecular weight is 270 g/mol. The van der Waals surface area contributed by atoms with Gasteiger partial charge in [0.25, 0.3) is 0 Å². The van der Waals surface area contributed by atoms with Crippen LogP contribution in [-0.2, 0) is 0 Å². The highest BCUT2D eigenvalue weighted by Crippen LogP contribution is 2.22. The highest BCUT2D eigenvalue weighted by molar-refractivity contribution is 6.31. The number of benzene rings is 1. The number of anilines is 2. The van der Waals surface area contributed by atoms with E-state index in [1.807, 2.05) is 49.4 Å². The molecule has 0 fully saturated rings. The standard InChI is InChI=1S/C15H12ClN3/c1-10-3-2-8-17-15(10)19-14-7-4-11-9-12(16)5-6-13(11)18-14/h2-9H,1H3,(H,17,18,19). The quantitative estimate of drug-likeness (QED) is 0.752. The predicted molar refractivity (Wildman–Crippen MR) is 79.0 cm³/mol. The van der Waals surface area contributed by atoms with Gasteiger partial charge in [0.1, 0.15) is 11.6 Å². The van der Waals surface area contributed by atoms with Crippen LogP contribution in [0.3, 0.4) is 0 Å². The third-order valence-corrected chi connectivity index (χ3v) is 3.14. The summed E-state index contributed by atoms with van der Waals surface area (Å²) in [5, 5.41) is 4.97. The third-order valence-electron chi connectivity index (χ3n) is 2.91.